The summed E-state index contributed by atoms with van der Waals surface area (Å²) in [6, 6.07) is 2.48. The van der Waals surface area contributed by atoms with E-state index in [-0.39, 0.29) is 28.7 Å². The smallest absolute Gasteiger partial charge is 0.328 e. The van der Waals surface area contributed by atoms with Gasteiger partial charge in [-0.15, -0.1) is 0 Å². The van der Waals surface area contributed by atoms with E-state index in [1.807, 2.05) is 40.7 Å². The number of aryl methyl sites for hydroxylation is 2. The average molecular weight is 495 g/mol. The Hall–Kier alpha value is -2.90. The first-order valence-corrected chi connectivity index (χ1v) is 12.8. The molecule has 2 atom stereocenters. The summed E-state index contributed by atoms with van der Waals surface area (Å²) in [5.74, 6) is -1.07. The van der Waals surface area contributed by atoms with Crippen LogP contribution in [0.1, 0.15) is 71.1 Å². The second-order valence-corrected chi connectivity index (χ2v) is 11.4. The zero-order valence-electron chi connectivity index (χ0n) is 22.4. The van der Waals surface area contributed by atoms with Crippen LogP contribution in [-0.2, 0) is 21.4 Å². The maximum absolute atomic E-state index is 13.2. The lowest BCUT2D eigenvalue weighted by molar-refractivity contribution is -0.139. The number of ether oxygens (including phenoxy) is 2. The third-order valence-corrected chi connectivity index (χ3v) is 7.54. The number of hydrogen-bond donors (Lipinski definition) is 2. The van der Waals surface area contributed by atoms with E-state index < -0.39 is 24.0 Å². The molecule has 2 unspecified atom stereocenters. The van der Waals surface area contributed by atoms with E-state index in [9.17, 15) is 9.59 Å². The molecule has 7 heteroatoms. The monoisotopic (exact) mass is 494 g/mol. The first-order valence-electron chi connectivity index (χ1n) is 12.8. The molecule has 1 aliphatic carbocycles. The van der Waals surface area contributed by atoms with Gasteiger partial charge < -0.3 is 25.4 Å². The van der Waals surface area contributed by atoms with Crippen LogP contribution >= 0.6 is 0 Å². The summed E-state index contributed by atoms with van der Waals surface area (Å²) in [6.45, 7) is 13.7. The van der Waals surface area contributed by atoms with Crippen LogP contribution in [0.5, 0.6) is 11.5 Å². The van der Waals surface area contributed by atoms with Gasteiger partial charge in [0.05, 0.1) is 11.6 Å². The molecule has 0 spiro atoms. The summed E-state index contributed by atoms with van der Waals surface area (Å²) < 4.78 is 18.0. The molecule has 194 valence electrons. The second kappa shape index (κ2) is 9.52. The molecule has 3 aromatic rings. The number of carbonyl (C=O) groups is 2. The summed E-state index contributed by atoms with van der Waals surface area (Å²) in [4.78, 5) is 26.3. The quantitative estimate of drug-likeness (QED) is 0.353. The Morgan fingerprint density at radius 1 is 0.944 bits per heavy atom. The van der Waals surface area contributed by atoms with Gasteiger partial charge >= 0.3 is 11.9 Å². The Balaban J connectivity index is 2.08. The molecule has 4 rings (SSSR count). The molecule has 1 heterocycles. The number of furan rings is 1. The van der Waals surface area contributed by atoms with Crippen molar-refractivity contribution in [3.63, 3.8) is 0 Å². The molecule has 0 saturated carbocycles. The van der Waals surface area contributed by atoms with Crippen LogP contribution in [0.2, 0.25) is 0 Å². The fourth-order valence-electron chi connectivity index (χ4n) is 5.06. The number of hydrogen-bond acceptors (Lipinski definition) is 7. The SMILES string of the molecule is Cc1coc2c1c(OC(=O)C(N)C(C)C)c(OC(=O)C(N)C(C)C)c1c3c(ccc12)C(C)(C)CCC3. The van der Waals surface area contributed by atoms with Gasteiger partial charge in [-0.25, -0.2) is 9.59 Å². The van der Waals surface area contributed by atoms with Gasteiger partial charge in [-0.05, 0) is 60.1 Å². The molecule has 1 aromatic heterocycles. The molecule has 4 N–H and O–H groups in total. The molecule has 0 saturated heterocycles. The van der Waals surface area contributed by atoms with Crippen LogP contribution in [0.3, 0.4) is 0 Å². The summed E-state index contributed by atoms with van der Waals surface area (Å²) in [5, 5.41) is 2.12. The van der Waals surface area contributed by atoms with Crippen LogP contribution in [0, 0.1) is 18.8 Å². The number of esters is 2. The van der Waals surface area contributed by atoms with Gasteiger partial charge in [-0.2, -0.15) is 0 Å². The van der Waals surface area contributed by atoms with Crippen LogP contribution in [-0.4, -0.2) is 24.0 Å². The van der Waals surface area contributed by atoms with Crippen molar-refractivity contribution < 1.29 is 23.5 Å². The van der Waals surface area contributed by atoms with Crippen LogP contribution in [0.25, 0.3) is 21.7 Å². The maximum atomic E-state index is 13.2. The Morgan fingerprint density at radius 3 is 2.06 bits per heavy atom. The molecule has 36 heavy (non-hydrogen) atoms. The van der Waals surface area contributed by atoms with Crippen molar-refractivity contribution in [3.8, 4) is 11.5 Å². The van der Waals surface area contributed by atoms with Crippen LogP contribution in [0.15, 0.2) is 22.8 Å². The third-order valence-electron chi connectivity index (χ3n) is 7.54. The highest BCUT2D eigenvalue weighted by Gasteiger charge is 2.34. The zero-order chi connectivity index (χ0) is 26.5. The lowest BCUT2D eigenvalue weighted by Gasteiger charge is -2.34. The Labute approximate surface area is 212 Å². The van der Waals surface area contributed by atoms with Crippen molar-refractivity contribution in [2.24, 2.45) is 23.3 Å². The van der Waals surface area contributed by atoms with Gasteiger partial charge in [-0.1, -0.05) is 53.7 Å². The molecule has 7 nitrogen and oxygen atoms in total. The van der Waals surface area contributed by atoms with Crippen LogP contribution in [0.4, 0.5) is 0 Å². The summed E-state index contributed by atoms with van der Waals surface area (Å²) in [7, 11) is 0. The number of fused-ring (bicyclic) bond motifs is 5. The van der Waals surface area contributed by atoms with Gasteiger partial charge in [0.2, 0.25) is 0 Å². The normalized spacial score (nSPS) is 16.9. The van der Waals surface area contributed by atoms with E-state index >= 15 is 0 Å². The molecule has 0 aliphatic heterocycles. The first-order chi connectivity index (χ1) is 16.8. The summed E-state index contributed by atoms with van der Waals surface area (Å²) in [5.41, 5.74) is 15.9. The van der Waals surface area contributed by atoms with Gasteiger partial charge in [-0.3, -0.25) is 0 Å². The van der Waals surface area contributed by atoms with Crippen molar-refractivity contribution in [1.29, 1.82) is 0 Å². The zero-order valence-corrected chi connectivity index (χ0v) is 22.4. The highest BCUT2D eigenvalue weighted by molar-refractivity contribution is 6.15. The van der Waals surface area contributed by atoms with Gasteiger partial charge in [0.25, 0.3) is 0 Å². The number of benzene rings is 2. The van der Waals surface area contributed by atoms with E-state index in [1.165, 1.54) is 5.56 Å². The average Bonchev–Trinajstić information content (AvgIpc) is 3.20. The second-order valence-electron chi connectivity index (χ2n) is 11.4. The van der Waals surface area contributed by atoms with Gasteiger partial charge in [0.15, 0.2) is 11.5 Å². The van der Waals surface area contributed by atoms with E-state index in [0.29, 0.717) is 11.0 Å². The Morgan fingerprint density at radius 2 is 1.50 bits per heavy atom. The minimum Gasteiger partial charge on any atom is -0.463 e. The molecule has 0 fully saturated rings. The largest absolute Gasteiger partial charge is 0.463 e. The van der Waals surface area contributed by atoms with Crippen molar-refractivity contribution in [3.05, 3.63) is 35.1 Å². The third kappa shape index (κ3) is 4.39. The lowest BCUT2D eigenvalue weighted by atomic mass is 9.71. The van der Waals surface area contributed by atoms with Gasteiger partial charge in [0, 0.05) is 10.8 Å². The minimum atomic E-state index is -0.840. The Bertz CT molecular complexity index is 1330. The van der Waals surface area contributed by atoms with Crippen molar-refractivity contribution in [2.45, 2.75) is 85.2 Å². The number of rotatable bonds is 6. The standard InChI is InChI=1S/C29H38N2O5/c1-14(2)22(30)27(32)35-25-20-16(5)13-34-24(20)18-10-11-19-17(9-8-12-29(19,6)7)21(18)26(25)36-28(33)23(31)15(3)4/h10-11,13-15,22-23H,8-9,12,30-31H2,1-7H3. The maximum Gasteiger partial charge on any atom is 0.328 e. The van der Waals surface area contributed by atoms with E-state index in [0.717, 1.165) is 41.2 Å². The number of carbonyl (C=O) groups excluding carboxylic acids is 2. The number of nitrogens with two attached hydrogens (primary N) is 2. The summed E-state index contributed by atoms with van der Waals surface area (Å²) >= 11 is 0. The molecular formula is C29H38N2O5. The van der Waals surface area contributed by atoms with Crippen molar-refractivity contribution in [1.82, 2.24) is 0 Å². The summed E-state index contributed by atoms with van der Waals surface area (Å²) in [6.07, 6.45) is 4.46. The molecule has 0 bridgehead atoms. The minimum absolute atomic E-state index is 0.0533. The van der Waals surface area contributed by atoms with Crippen molar-refractivity contribution in [2.75, 3.05) is 0 Å². The van der Waals surface area contributed by atoms with E-state index in [1.54, 1.807) is 6.26 Å². The highest BCUT2D eigenvalue weighted by atomic mass is 16.6. The van der Waals surface area contributed by atoms with Crippen molar-refractivity contribution >= 4 is 33.7 Å². The topological polar surface area (TPSA) is 118 Å². The fourth-order valence-corrected chi connectivity index (χ4v) is 5.06. The molecule has 1 aliphatic rings. The van der Waals surface area contributed by atoms with E-state index in [2.05, 4.69) is 19.9 Å². The molecule has 2 aromatic carbocycles. The lowest BCUT2D eigenvalue weighted by Crippen LogP contribution is -2.40. The first kappa shape index (κ1) is 26.2. The van der Waals surface area contributed by atoms with Gasteiger partial charge in [0.1, 0.15) is 17.7 Å². The fraction of sp³-hybridized carbons (Fsp3) is 0.517. The molecule has 0 radical (unpaired) electrons. The molecular weight excluding hydrogens is 456 g/mol. The molecule has 0 amide bonds. The predicted molar refractivity (Wildman–Crippen MR) is 141 cm³/mol. The highest BCUT2D eigenvalue weighted by Crippen LogP contribution is 2.50. The predicted octanol–water partition coefficient (Wildman–Crippen LogP) is 5.29. The Kier molecular flexibility index (Phi) is 6.92. The van der Waals surface area contributed by atoms with Crippen LogP contribution < -0.4 is 20.9 Å². The van der Waals surface area contributed by atoms with E-state index in [4.69, 9.17) is 25.4 Å².